The molecule has 5 heteroatoms. The third-order valence-corrected chi connectivity index (χ3v) is 8.37. The van der Waals surface area contributed by atoms with Gasteiger partial charge in [0, 0.05) is 13.1 Å². The van der Waals surface area contributed by atoms with Gasteiger partial charge < -0.3 is 20.0 Å². The molecule has 1 saturated heterocycles. The van der Waals surface area contributed by atoms with E-state index in [1.54, 1.807) is 0 Å². The van der Waals surface area contributed by atoms with Gasteiger partial charge in [0.15, 0.2) is 0 Å². The number of urea groups is 1. The first-order chi connectivity index (χ1) is 16.6. The molecule has 0 radical (unpaired) electrons. The highest BCUT2D eigenvalue weighted by Gasteiger charge is 2.47. The van der Waals surface area contributed by atoms with Gasteiger partial charge in [0.2, 0.25) is 0 Å². The summed E-state index contributed by atoms with van der Waals surface area (Å²) in [6.45, 7) is 1.33. The maximum Gasteiger partial charge on any atom is 0.320 e. The fourth-order valence-electron chi connectivity index (χ4n) is 5.78. The number of rotatable bonds is 8. The average molecular weight is 463 g/mol. The summed E-state index contributed by atoms with van der Waals surface area (Å²) in [5.74, 6) is 0.977. The fraction of sp³-hybridized carbons (Fsp3) is 0.552. The molecule has 1 heterocycles. The van der Waals surface area contributed by atoms with Crippen LogP contribution in [0, 0.1) is 11.8 Å². The zero-order valence-electron chi connectivity index (χ0n) is 20.0. The highest BCUT2D eigenvalue weighted by Crippen LogP contribution is 2.35. The van der Waals surface area contributed by atoms with Crippen molar-refractivity contribution in [2.45, 2.75) is 75.7 Å². The van der Waals surface area contributed by atoms with Crippen LogP contribution in [0.1, 0.15) is 49.7 Å². The molecule has 1 aliphatic heterocycles. The van der Waals surface area contributed by atoms with Crippen LogP contribution in [0.15, 0.2) is 60.7 Å². The Labute approximate surface area is 203 Å². The predicted octanol–water partition coefficient (Wildman–Crippen LogP) is 4.27. The molecule has 2 N–H and O–H groups in total. The van der Waals surface area contributed by atoms with Crippen molar-refractivity contribution < 1.29 is 15.0 Å². The molecule has 182 valence electrons. The third kappa shape index (κ3) is 5.01. The Morgan fingerprint density at radius 1 is 0.647 bits per heavy atom. The predicted molar refractivity (Wildman–Crippen MR) is 133 cm³/mol. The van der Waals surface area contributed by atoms with Gasteiger partial charge in [-0.3, -0.25) is 0 Å². The zero-order valence-corrected chi connectivity index (χ0v) is 20.0. The first kappa shape index (κ1) is 23.4. The van der Waals surface area contributed by atoms with Crippen molar-refractivity contribution >= 4 is 6.03 Å². The van der Waals surface area contributed by atoms with E-state index in [1.165, 1.54) is 12.8 Å². The largest absolute Gasteiger partial charge is 0.388 e. The summed E-state index contributed by atoms with van der Waals surface area (Å²) in [7, 11) is 0. The van der Waals surface area contributed by atoms with Crippen LogP contribution in [0.3, 0.4) is 0 Å². The lowest BCUT2D eigenvalue weighted by molar-refractivity contribution is -0.0430. The van der Waals surface area contributed by atoms with Gasteiger partial charge in [-0.05, 0) is 61.5 Å². The maximum atomic E-state index is 14.2. The van der Waals surface area contributed by atoms with Crippen molar-refractivity contribution in [3.63, 3.8) is 0 Å². The molecule has 2 saturated carbocycles. The quantitative estimate of drug-likeness (QED) is 0.616. The number of aliphatic hydroxyl groups excluding tert-OH is 2. The van der Waals surface area contributed by atoms with Gasteiger partial charge in [-0.1, -0.05) is 73.5 Å². The molecule has 0 bridgehead atoms. The Morgan fingerprint density at radius 2 is 1.03 bits per heavy atom. The van der Waals surface area contributed by atoms with E-state index in [-0.39, 0.29) is 6.03 Å². The summed E-state index contributed by atoms with van der Waals surface area (Å²) in [5.41, 5.74) is 2.16. The molecule has 5 nitrogen and oxygen atoms in total. The molecule has 2 aliphatic carbocycles. The second-order valence-corrected chi connectivity index (χ2v) is 10.7. The lowest BCUT2D eigenvalue weighted by Crippen LogP contribution is -2.54. The third-order valence-electron chi connectivity index (χ3n) is 8.37. The van der Waals surface area contributed by atoms with Crippen LogP contribution in [0.25, 0.3) is 0 Å². The van der Waals surface area contributed by atoms with E-state index in [2.05, 4.69) is 0 Å². The minimum absolute atomic E-state index is 0.00346. The molecule has 3 fully saturated rings. The number of nitrogens with zero attached hydrogens (tertiary/aromatic N) is 2. The number of carbonyl (C=O) groups excluding carboxylic acids is 1. The molecule has 4 atom stereocenters. The van der Waals surface area contributed by atoms with E-state index in [1.807, 2.05) is 70.5 Å². The minimum Gasteiger partial charge on any atom is -0.388 e. The fourth-order valence-corrected chi connectivity index (χ4v) is 5.78. The first-order valence-electron chi connectivity index (χ1n) is 13.1. The summed E-state index contributed by atoms with van der Waals surface area (Å²) in [6.07, 6.45) is 6.07. The molecule has 5 rings (SSSR count). The second-order valence-electron chi connectivity index (χ2n) is 10.7. The van der Waals surface area contributed by atoms with Crippen molar-refractivity contribution in [2.75, 3.05) is 13.1 Å². The molecule has 0 aromatic heterocycles. The summed E-state index contributed by atoms with van der Waals surface area (Å²) in [4.78, 5) is 18.1. The van der Waals surface area contributed by atoms with Gasteiger partial charge in [0.25, 0.3) is 0 Å². The molecule has 34 heavy (non-hydrogen) atoms. The van der Waals surface area contributed by atoms with Crippen LogP contribution in [0.5, 0.6) is 0 Å². The highest BCUT2D eigenvalue weighted by molar-refractivity contribution is 5.76. The minimum atomic E-state index is -0.996. The molecule has 2 aromatic carbocycles. The van der Waals surface area contributed by atoms with Gasteiger partial charge in [0.1, 0.15) is 12.2 Å². The molecule has 0 spiro atoms. The lowest BCUT2D eigenvalue weighted by atomic mass is 9.84. The van der Waals surface area contributed by atoms with E-state index >= 15 is 0 Å². The number of aliphatic hydroxyl groups is 2. The van der Waals surface area contributed by atoms with E-state index in [0.717, 1.165) is 36.8 Å². The summed E-state index contributed by atoms with van der Waals surface area (Å²) in [6, 6.07) is 19.2. The summed E-state index contributed by atoms with van der Waals surface area (Å²) >= 11 is 0. The number of hydrogen-bond acceptors (Lipinski definition) is 3. The van der Waals surface area contributed by atoms with Crippen LogP contribution >= 0.6 is 0 Å². The molecule has 2 amide bonds. The van der Waals surface area contributed by atoms with Crippen LogP contribution in [-0.2, 0) is 12.8 Å². The topological polar surface area (TPSA) is 64.0 Å². The smallest absolute Gasteiger partial charge is 0.320 e. The molecule has 3 aliphatic rings. The Hall–Kier alpha value is -2.37. The lowest BCUT2D eigenvalue weighted by Gasteiger charge is -2.41. The second kappa shape index (κ2) is 10.5. The molecule has 4 unspecified atom stereocenters. The van der Waals surface area contributed by atoms with Crippen molar-refractivity contribution in [3.05, 3.63) is 71.8 Å². The number of amides is 2. The van der Waals surface area contributed by atoms with Gasteiger partial charge in [0.05, 0.1) is 12.1 Å². The van der Waals surface area contributed by atoms with Gasteiger partial charge in [-0.15, -0.1) is 0 Å². The van der Waals surface area contributed by atoms with Crippen LogP contribution in [-0.4, -0.2) is 63.4 Å². The normalized spacial score (nSPS) is 28.4. The molecular weight excluding hydrogens is 424 g/mol. The van der Waals surface area contributed by atoms with Crippen LogP contribution < -0.4 is 0 Å². The van der Waals surface area contributed by atoms with Gasteiger partial charge in [-0.2, -0.15) is 0 Å². The number of hydrogen-bond donors (Lipinski definition) is 2. The van der Waals surface area contributed by atoms with Gasteiger partial charge in [-0.25, -0.2) is 4.79 Å². The van der Waals surface area contributed by atoms with Crippen molar-refractivity contribution in [3.8, 4) is 0 Å². The van der Waals surface area contributed by atoms with E-state index in [4.69, 9.17) is 0 Å². The average Bonchev–Trinajstić information content (AvgIpc) is 2.86. The zero-order chi connectivity index (χ0) is 23.5. The Kier molecular flexibility index (Phi) is 7.21. The van der Waals surface area contributed by atoms with E-state index in [0.29, 0.717) is 37.8 Å². The van der Waals surface area contributed by atoms with E-state index < -0.39 is 24.3 Å². The molecular formula is C29H38N2O3. The SMILES string of the molecule is O=C1N(CC2CCC2)C(Cc2ccccc2)C(O)C(O)C(Cc2ccccc2)N1CC1CCC1. The van der Waals surface area contributed by atoms with E-state index in [9.17, 15) is 15.0 Å². The number of carbonyl (C=O) groups is 1. The highest BCUT2D eigenvalue weighted by atomic mass is 16.3. The Bertz CT molecular complexity index is 853. The Morgan fingerprint density at radius 3 is 1.35 bits per heavy atom. The van der Waals surface area contributed by atoms with Crippen LogP contribution in [0.4, 0.5) is 4.79 Å². The standard InChI is InChI=1S/C29H38N2O3/c32-27-25(17-21-9-3-1-4-10-21)30(19-23-13-7-14-23)29(34)31(20-24-15-8-16-24)26(28(27)33)18-22-11-5-2-6-12-22/h1-6,9-12,23-28,32-33H,7-8,13-20H2. The van der Waals surface area contributed by atoms with Crippen molar-refractivity contribution in [1.82, 2.24) is 9.80 Å². The van der Waals surface area contributed by atoms with Crippen LogP contribution in [0.2, 0.25) is 0 Å². The van der Waals surface area contributed by atoms with Gasteiger partial charge >= 0.3 is 6.03 Å². The molecule has 2 aromatic rings. The maximum absolute atomic E-state index is 14.2. The number of benzene rings is 2. The van der Waals surface area contributed by atoms with Crippen molar-refractivity contribution in [1.29, 1.82) is 0 Å². The first-order valence-corrected chi connectivity index (χ1v) is 13.1. The summed E-state index contributed by atoms with van der Waals surface area (Å²) in [5, 5.41) is 23.1. The summed E-state index contributed by atoms with van der Waals surface area (Å²) < 4.78 is 0. The Balaban J connectivity index is 1.49. The van der Waals surface area contributed by atoms with Crippen molar-refractivity contribution in [2.24, 2.45) is 11.8 Å². The monoisotopic (exact) mass is 462 g/mol.